The standard InChI is InChI=1S/C17H19N5O2S/c1-11-12(7-19-21-11)14-6-13-15(25-14)8-18-16(20-13)9-22-3-2-17(10-22)23-4-5-24-17/h6-8H,2-5,9-10H2,1H3,(H,19,21). The summed E-state index contributed by atoms with van der Waals surface area (Å²) in [5.41, 5.74) is 3.19. The Morgan fingerprint density at radius 3 is 3.00 bits per heavy atom. The predicted molar refractivity (Wildman–Crippen MR) is 94.3 cm³/mol. The molecule has 0 aliphatic carbocycles. The molecule has 0 unspecified atom stereocenters. The van der Waals surface area contributed by atoms with Crippen LogP contribution in [0.1, 0.15) is 17.9 Å². The topological polar surface area (TPSA) is 76.2 Å². The maximum Gasteiger partial charge on any atom is 0.182 e. The van der Waals surface area contributed by atoms with E-state index >= 15 is 0 Å². The summed E-state index contributed by atoms with van der Waals surface area (Å²) in [6.07, 6.45) is 4.70. The van der Waals surface area contributed by atoms with E-state index in [2.05, 4.69) is 26.1 Å². The van der Waals surface area contributed by atoms with E-state index in [1.807, 2.05) is 19.3 Å². The summed E-state index contributed by atoms with van der Waals surface area (Å²) in [7, 11) is 0. The van der Waals surface area contributed by atoms with Gasteiger partial charge in [0, 0.05) is 35.3 Å². The molecule has 0 radical (unpaired) electrons. The molecule has 0 amide bonds. The zero-order valence-corrected chi connectivity index (χ0v) is 14.8. The van der Waals surface area contributed by atoms with Gasteiger partial charge < -0.3 is 9.47 Å². The number of aromatic nitrogens is 4. The molecular formula is C17H19N5O2S. The second-order valence-corrected chi connectivity index (χ2v) is 7.71. The van der Waals surface area contributed by atoms with Crippen LogP contribution in [0, 0.1) is 6.92 Å². The fourth-order valence-corrected chi connectivity index (χ4v) is 4.62. The highest BCUT2D eigenvalue weighted by Crippen LogP contribution is 2.34. The van der Waals surface area contributed by atoms with Crippen LogP contribution in [0.15, 0.2) is 18.5 Å². The third kappa shape index (κ3) is 2.75. The minimum atomic E-state index is -0.390. The lowest BCUT2D eigenvalue weighted by Gasteiger charge is -2.21. The quantitative estimate of drug-likeness (QED) is 0.775. The summed E-state index contributed by atoms with van der Waals surface area (Å²) in [6, 6.07) is 2.12. The zero-order valence-electron chi connectivity index (χ0n) is 14.0. The van der Waals surface area contributed by atoms with Crippen molar-refractivity contribution in [2.75, 3.05) is 26.3 Å². The first-order valence-electron chi connectivity index (χ1n) is 8.47. The Balaban J connectivity index is 1.37. The molecule has 1 spiro atoms. The molecule has 2 aliphatic rings. The van der Waals surface area contributed by atoms with Crippen molar-refractivity contribution in [3.05, 3.63) is 30.0 Å². The van der Waals surface area contributed by atoms with Crippen LogP contribution in [0.4, 0.5) is 0 Å². The lowest BCUT2D eigenvalue weighted by molar-refractivity contribution is -0.145. The van der Waals surface area contributed by atoms with E-state index in [0.29, 0.717) is 13.2 Å². The predicted octanol–water partition coefficient (Wildman–Crippen LogP) is 2.34. The first-order valence-corrected chi connectivity index (χ1v) is 9.29. The Labute approximate surface area is 149 Å². The van der Waals surface area contributed by atoms with Crippen LogP contribution in [0.2, 0.25) is 0 Å². The van der Waals surface area contributed by atoms with E-state index < -0.39 is 5.79 Å². The van der Waals surface area contributed by atoms with Gasteiger partial charge >= 0.3 is 0 Å². The van der Waals surface area contributed by atoms with Crippen LogP contribution < -0.4 is 0 Å². The maximum absolute atomic E-state index is 5.78. The van der Waals surface area contributed by atoms with E-state index in [9.17, 15) is 0 Å². The molecule has 5 heterocycles. The number of nitrogens with one attached hydrogen (secondary N) is 1. The molecule has 0 bridgehead atoms. The number of aryl methyl sites for hydroxylation is 1. The summed E-state index contributed by atoms with van der Waals surface area (Å²) < 4.78 is 12.7. The molecule has 2 saturated heterocycles. The molecule has 7 nitrogen and oxygen atoms in total. The van der Waals surface area contributed by atoms with Crippen LogP contribution >= 0.6 is 11.3 Å². The van der Waals surface area contributed by atoms with E-state index in [1.54, 1.807) is 11.3 Å². The van der Waals surface area contributed by atoms with Crippen LogP contribution in [0.5, 0.6) is 0 Å². The van der Waals surface area contributed by atoms with E-state index in [0.717, 1.165) is 53.4 Å². The highest BCUT2D eigenvalue weighted by atomic mass is 32.1. The summed E-state index contributed by atoms with van der Waals surface area (Å²) >= 11 is 1.70. The lowest BCUT2D eigenvalue weighted by Crippen LogP contribution is -2.34. The number of aromatic amines is 1. The van der Waals surface area contributed by atoms with Crippen molar-refractivity contribution in [2.24, 2.45) is 0 Å². The Kier molecular flexibility index (Phi) is 3.60. The van der Waals surface area contributed by atoms with Crippen LogP contribution in [-0.4, -0.2) is 57.2 Å². The number of nitrogens with zero attached hydrogens (tertiary/aromatic N) is 4. The molecule has 2 fully saturated rings. The van der Waals surface area contributed by atoms with Gasteiger partial charge in [-0.2, -0.15) is 5.10 Å². The molecule has 0 aromatic carbocycles. The molecule has 0 atom stereocenters. The number of hydrogen-bond acceptors (Lipinski definition) is 7. The molecule has 5 rings (SSSR count). The lowest BCUT2D eigenvalue weighted by atomic mass is 10.2. The van der Waals surface area contributed by atoms with Gasteiger partial charge in [-0.25, -0.2) is 9.97 Å². The van der Waals surface area contributed by atoms with Gasteiger partial charge in [-0.15, -0.1) is 11.3 Å². The summed E-state index contributed by atoms with van der Waals surface area (Å²) in [5.74, 6) is 0.453. The number of H-pyrrole nitrogens is 1. The highest BCUT2D eigenvalue weighted by Gasteiger charge is 2.43. The maximum atomic E-state index is 5.78. The van der Waals surface area contributed by atoms with Gasteiger partial charge in [0.2, 0.25) is 0 Å². The molecular weight excluding hydrogens is 338 g/mol. The number of rotatable bonds is 3. The van der Waals surface area contributed by atoms with Crippen LogP contribution in [0.3, 0.4) is 0 Å². The largest absolute Gasteiger partial charge is 0.346 e. The smallest absolute Gasteiger partial charge is 0.182 e. The number of fused-ring (bicyclic) bond motifs is 1. The molecule has 130 valence electrons. The zero-order chi connectivity index (χ0) is 16.9. The van der Waals surface area contributed by atoms with E-state index in [4.69, 9.17) is 14.5 Å². The highest BCUT2D eigenvalue weighted by molar-refractivity contribution is 7.22. The Morgan fingerprint density at radius 2 is 2.20 bits per heavy atom. The first kappa shape index (κ1) is 15.4. The number of hydrogen-bond donors (Lipinski definition) is 1. The first-order chi connectivity index (χ1) is 12.2. The van der Waals surface area contributed by atoms with Crippen molar-refractivity contribution in [3.8, 4) is 10.4 Å². The third-order valence-electron chi connectivity index (χ3n) is 4.87. The van der Waals surface area contributed by atoms with Gasteiger partial charge in [0.25, 0.3) is 0 Å². The molecule has 3 aromatic heterocycles. The second kappa shape index (κ2) is 5.84. The molecule has 2 aliphatic heterocycles. The number of likely N-dealkylation sites (tertiary alicyclic amines) is 1. The summed E-state index contributed by atoms with van der Waals surface area (Å²) in [5, 5.41) is 7.09. The molecule has 8 heteroatoms. The fourth-order valence-electron chi connectivity index (χ4n) is 3.58. The Hall–Kier alpha value is -1.87. The minimum absolute atomic E-state index is 0.390. The summed E-state index contributed by atoms with van der Waals surface area (Å²) in [6.45, 7) is 5.88. The van der Waals surface area contributed by atoms with Crippen molar-refractivity contribution in [3.63, 3.8) is 0 Å². The van der Waals surface area contributed by atoms with Crippen molar-refractivity contribution in [1.29, 1.82) is 0 Å². The molecule has 1 N–H and O–H groups in total. The van der Waals surface area contributed by atoms with Crippen molar-refractivity contribution >= 4 is 21.6 Å². The van der Waals surface area contributed by atoms with Gasteiger partial charge in [0.05, 0.1) is 42.7 Å². The van der Waals surface area contributed by atoms with Gasteiger partial charge in [0.1, 0.15) is 5.82 Å². The molecule has 3 aromatic rings. The SMILES string of the molecule is Cc1[nH]ncc1-c1cc2nc(CN3CCC4(C3)OCCO4)ncc2s1. The molecule has 0 saturated carbocycles. The van der Waals surface area contributed by atoms with Crippen molar-refractivity contribution < 1.29 is 9.47 Å². The van der Waals surface area contributed by atoms with Crippen LogP contribution in [0.25, 0.3) is 20.7 Å². The molecule has 25 heavy (non-hydrogen) atoms. The second-order valence-electron chi connectivity index (χ2n) is 6.62. The van der Waals surface area contributed by atoms with Crippen LogP contribution in [-0.2, 0) is 16.0 Å². The average molecular weight is 357 g/mol. The van der Waals surface area contributed by atoms with E-state index in [-0.39, 0.29) is 0 Å². The van der Waals surface area contributed by atoms with Gasteiger partial charge in [-0.1, -0.05) is 0 Å². The average Bonchev–Trinajstić information content (AvgIpc) is 3.36. The van der Waals surface area contributed by atoms with Gasteiger partial charge in [-0.05, 0) is 13.0 Å². The number of ether oxygens (including phenoxy) is 2. The normalized spacial score (nSPS) is 20.2. The Morgan fingerprint density at radius 1 is 1.32 bits per heavy atom. The monoisotopic (exact) mass is 357 g/mol. The van der Waals surface area contributed by atoms with Gasteiger partial charge in [0.15, 0.2) is 5.79 Å². The summed E-state index contributed by atoms with van der Waals surface area (Å²) in [4.78, 5) is 12.8. The minimum Gasteiger partial charge on any atom is -0.346 e. The van der Waals surface area contributed by atoms with Crippen molar-refractivity contribution in [1.82, 2.24) is 25.1 Å². The fraction of sp³-hybridized carbons (Fsp3) is 0.471. The third-order valence-corrected chi connectivity index (χ3v) is 5.96. The Bertz CT molecular complexity index is 915. The van der Waals surface area contributed by atoms with Crippen molar-refractivity contribution in [2.45, 2.75) is 25.7 Å². The number of thiophene rings is 1. The van der Waals surface area contributed by atoms with Gasteiger partial charge in [-0.3, -0.25) is 10.00 Å². The van der Waals surface area contributed by atoms with E-state index in [1.165, 1.54) is 4.88 Å².